The number of benzene rings is 1. The molecule has 1 N–H and O–H groups in total. The molecule has 3 rings (SSSR count). The van der Waals surface area contributed by atoms with Crippen LogP contribution in [-0.4, -0.2) is 20.8 Å². The first-order valence-electron chi connectivity index (χ1n) is 4.31. The van der Waals surface area contributed by atoms with Gasteiger partial charge in [-0.15, -0.1) is 0 Å². The summed E-state index contributed by atoms with van der Waals surface area (Å²) in [7, 11) is 1.86. The Kier molecular flexibility index (Phi) is 1.49. The van der Waals surface area contributed by atoms with E-state index in [1.165, 1.54) is 11.5 Å². The Morgan fingerprint density at radius 2 is 2.21 bits per heavy atom. The Bertz CT molecular complexity index is 595. The van der Waals surface area contributed by atoms with E-state index in [2.05, 4.69) is 14.7 Å². The van der Waals surface area contributed by atoms with E-state index in [1.807, 2.05) is 35.7 Å². The summed E-state index contributed by atoms with van der Waals surface area (Å²) in [4.78, 5) is 5.39. The topological polar surface area (TPSA) is 42.2 Å². The molecule has 4 nitrogen and oxygen atoms in total. The molecule has 0 atom stereocenters. The normalized spacial score (nSPS) is 11.2. The van der Waals surface area contributed by atoms with Crippen LogP contribution < -0.4 is 5.32 Å². The molecule has 1 aromatic carbocycles. The second-order valence-electron chi connectivity index (χ2n) is 2.97. The highest BCUT2D eigenvalue weighted by Crippen LogP contribution is 2.22. The molecule has 0 saturated carbocycles. The number of nitrogens with one attached hydrogen (secondary N) is 1. The molecule has 0 saturated heterocycles. The molecule has 0 amide bonds. The van der Waals surface area contributed by atoms with Gasteiger partial charge in [0.2, 0.25) is 10.9 Å². The molecule has 70 valence electrons. The molecular formula is C9H8N4S. The van der Waals surface area contributed by atoms with Crippen LogP contribution in [0.1, 0.15) is 0 Å². The number of hydrogen-bond acceptors (Lipinski definition) is 4. The quantitative estimate of drug-likeness (QED) is 0.659. The molecule has 0 radical (unpaired) electrons. The molecule has 3 aromatic rings. The largest absolute Gasteiger partial charge is 0.358 e. The minimum absolute atomic E-state index is 0.846. The predicted octanol–water partition coefficient (Wildman–Crippen LogP) is 1.99. The van der Waals surface area contributed by atoms with Crippen LogP contribution in [0.15, 0.2) is 24.3 Å². The van der Waals surface area contributed by atoms with Crippen LogP contribution in [0.3, 0.4) is 0 Å². The molecule has 0 spiro atoms. The minimum Gasteiger partial charge on any atom is -0.358 e. The molecule has 2 aromatic heterocycles. The average Bonchev–Trinajstić information content (AvgIpc) is 2.75. The van der Waals surface area contributed by atoms with Crippen molar-refractivity contribution in [2.24, 2.45) is 0 Å². The number of aromatic nitrogens is 3. The Labute approximate surface area is 84.4 Å². The molecule has 5 heteroatoms. The number of imidazole rings is 1. The number of nitrogens with zero attached hydrogens (tertiary/aromatic N) is 3. The van der Waals surface area contributed by atoms with Crippen LogP contribution >= 0.6 is 11.5 Å². The van der Waals surface area contributed by atoms with Gasteiger partial charge in [-0.05, 0) is 12.1 Å². The van der Waals surface area contributed by atoms with Gasteiger partial charge in [0.15, 0.2) is 0 Å². The van der Waals surface area contributed by atoms with E-state index in [1.54, 1.807) is 0 Å². The third kappa shape index (κ3) is 0.871. The molecule has 0 aliphatic rings. The van der Waals surface area contributed by atoms with Crippen molar-refractivity contribution in [2.75, 3.05) is 12.4 Å². The van der Waals surface area contributed by atoms with Crippen LogP contribution in [0, 0.1) is 0 Å². The van der Waals surface area contributed by atoms with E-state index in [0.717, 1.165) is 21.9 Å². The fraction of sp³-hybridized carbons (Fsp3) is 0.111. The van der Waals surface area contributed by atoms with Crippen molar-refractivity contribution in [1.82, 2.24) is 13.8 Å². The van der Waals surface area contributed by atoms with Crippen molar-refractivity contribution in [2.45, 2.75) is 0 Å². The van der Waals surface area contributed by atoms with Gasteiger partial charge >= 0.3 is 0 Å². The van der Waals surface area contributed by atoms with E-state index in [9.17, 15) is 0 Å². The Morgan fingerprint density at radius 3 is 3.07 bits per heavy atom. The third-order valence-corrected chi connectivity index (χ3v) is 2.88. The molecule has 0 aliphatic carbocycles. The van der Waals surface area contributed by atoms with Crippen molar-refractivity contribution < 1.29 is 0 Å². The lowest BCUT2D eigenvalue weighted by molar-refractivity contribution is 1.20. The summed E-state index contributed by atoms with van der Waals surface area (Å²) in [6.45, 7) is 0. The van der Waals surface area contributed by atoms with Crippen LogP contribution in [0.2, 0.25) is 0 Å². The van der Waals surface area contributed by atoms with E-state index >= 15 is 0 Å². The lowest BCUT2D eigenvalue weighted by Crippen LogP contribution is -1.94. The fourth-order valence-electron chi connectivity index (χ4n) is 1.55. The number of anilines is 1. The highest BCUT2D eigenvalue weighted by Gasteiger charge is 2.09. The van der Waals surface area contributed by atoms with Crippen molar-refractivity contribution >= 4 is 33.5 Å². The number of para-hydroxylation sites is 2. The average molecular weight is 204 g/mol. The summed E-state index contributed by atoms with van der Waals surface area (Å²) < 4.78 is 6.28. The Morgan fingerprint density at radius 1 is 1.36 bits per heavy atom. The lowest BCUT2D eigenvalue weighted by atomic mass is 10.3. The van der Waals surface area contributed by atoms with Crippen LogP contribution in [0.25, 0.3) is 16.0 Å². The minimum atomic E-state index is 0.846. The molecule has 0 unspecified atom stereocenters. The van der Waals surface area contributed by atoms with Gasteiger partial charge in [0.25, 0.3) is 0 Å². The Balaban J connectivity index is 2.54. The number of hydrogen-bond donors (Lipinski definition) is 1. The fourth-order valence-corrected chi connectivity index (χ4v) is 2.30. The van der Waals surface area contributed by atoms with Gasteiger partial charge in [-0.2, -0.15) is 4.37 Å². The first-order chi connectivity index (χ1) is 6.90. The summed E-state index contributed by atoms with van der Waals surface area (Å²) in [6, 6.07) is 8.05. The van der Waals surface area contributed by atoms with Gasteiger partial charge in [0, 0.05) is 18.6 Å². The van der Waals surface area contributed by atoms with E-state index < -0.39 is 0 Å². The predicted molar refractivity (Wildman–Crippen MR) is 57.9 cm³/mol. The van der Waals surface area contributed by atoms with Crippen LogP contribution in [-0.2, 0) is 0 Å². The van der Waals surface area contributed by atoms with Gasteiger partial charge in [-0.25, -0.2) is 4.98 Å². The lowest BCUT2D eigenvalue weighted by Gasteiger charge is -1.95. The molecule has 14 heavy (non-hydrogen) atoms. The van der Waals surface area contributed by atoms with Gasteiger partial charge in [-0.1, -0.05) is 12.1 Å². The van der Waals surface area contributed by atoms with Gasteiger partial charge in [0.1, 0.15) is 0 Å². The molecule has 2 heterocycles. The van der Waals surface area contributed by atoms with Crippen LogP contribution in [0.5, 0.6) is 0 Å². The monoisotopic (exact) mass is 204 g/mol. The highest BCUT2D eigenvalue weighted by molar-refractivity contribution is 7.11. The third-order valence-electron chi connectivity index (χ3n) is 2.18. The first kappa shape index (κ1) is 7.75. The molecular weight excluding hydrogens is 196 g/mol. The number of rotatable bonds is 1. The summed E-state index contributed by atoms with van der Waals surface area (Å²) in [6.07, 6.45) is 0. The van der Waals surface area contributed by atoms with Crippen molar-refractivity contribution in [1.29, 1.82) is 0 Å². The van der Waals surface area contributed by atoms with Gasteiger partial charge in [-0.3, -0.25) is 4.40 Å². The molecule has 0 fully saturated rings. The SMILES string of the molecule is CNc1nsc2nc3ccccc3n12. The van der Waals surface area contributed by atoms with Crippen molar-refractivity contribution in [3.63, 3.8) is 0 Å². The number of fused-ring (bicyclic) bond motifs is 3. The molecule has 0 bridgehead atoms. The maximum Gasteiger partial charge on any atom is 0.220 e. The zero-order valence-electron chi connectivity index (χ0n) is 7.56. The van der Waals surface area contributed by atoms with Crippen molar-refractivity contribution in [3.8, 4) is 0 Å². The zero-order chi connectivity index (χ0) is 9.54. The maximum absolute atomic E-state index is 4.46. The van der Waals surface area contributed by atoms with Gasteiger partial charge < -0.3 is 5.32 Å². The summed E-state index contributed by atoms with van der Waals surface area (Å²) in [5.74, 6) is 0.846. The van der Waals surface area contributed by atoms with E-state index in [-0.39, 0.29) is 0 Å². The first-order valence-corrected chi connectivity index (χ1v) is 5.08. The maximum atomic E-state index is 4.46. The Hall–Kier alpha value is -1.62. The van der Waals surface area contributed by atoms with Crippen molar-refractivity contribution in [3.05, 3.63) is 24.3 Å². The summed E-state index contributed by atoms with van der Waals surface area (Å²) in [5, 5.41) is 3.05. The second-order valence-corrected chi connectivity index (χ2v) is 3.70. The van der Waals surface area contributed by atoms with E-state index in [4.69, 9.17) is 0 Å². The summed E-state index contributed by atoms with van der Waals surface area (Å²) >= 11 is 1.40. The smallest absolute Gasteiger partial charge is 0.220 e. The van der Waals surface area contributed by atoms with Gasteiger partial charge in [0.05, 0.1) is 11.0 Å². The highest BCUT2D eigenvalue weighted by atomic mass is 32.1. The summed E-state index contributed by atoms with van der Waals surface area (Å²) in [5.41, 5.74) is 2.11. The zero-order valence-corrected chi connectivity index (χ0v) is 8.38. The molecule has 0 aliphatic heterocycles. The second kappa shape index (κ2) is 2.68. The van der Waals surface area contributed by atoms with Crippen LogP contribution in [0.4, 0.5) is 5.95 Å². The van der Waals surface area contributed by atoms with E-state index in [0.29, 0.717) is 0 Å². The standard InChI is InChI=1S/C9H8N4S/c1-10-8-12-14-9-11-6-4-2-3-5-7(6)13(8)9/h2-5H,1H3,(H,10,12).